The molecule has 0 aliphatic carbocycles. The Morgan fingerprint density at radius 2 is 0.963 bits per heavy atom. The highest BCUT2D eigenvalue weighted by molar-refractivity contribution is 7.95. The number of benzene rings is 3. The Bertz CT molecular complexity index is 1100. The smallest absolute Gasteiger partial charge is 0.208 e. The SMILES string of the molecule is O=S1(=O)OP(c2ccccc2)OS(=O)(=O)c2ccc(cc2)-c2ccc1cc2. The molecule has 3 aromatic rings. The second-order valence-electron chi connectivity index (χ2n) is 5.70. The summed E-state index contributed by atoms with van der Waals surface area (Å²) in [5.74, 6) is 0. The molecule has 4 bridgehead atoms. The first-order chi connectivity index (χ1) is 12.9. The van der Waals surface area contributed by atoms with Gasteiger partial charge in [0, 0.05) is 5.30 Å². The molecule has 0 spiro atoms. The summed E-state index contributed by atoms with van der Waals surface area (Å²) in [4.78, 5) is -0.156. The minimum Gasteiger partial charge on any atom is -0.208 e. The summed E-state index contributed by atoms with van der Waals surface area (Å²) in [7, 11) is -10.9. The van der Waals surface area contributed by atoms with Gasteiger partial charge in [-0.05, 0) is 47.5 Å². The van der Waals surface area contributed by atoms with E-state index in [1.54, 1.807) is 54.6 Å². The lowest BCUT2D eigenvalue weighted by Gasteiger charge is -2.16. The molecular weight excluding hydrogens is 407 g/mol. The lowest BCUT2D eigenvalue weighted by molar-refractivity contribution is 0.456. The van der Waals surface area contributed by atoms with Crippen molar-refractivity contribution in [2.75, 3.05) is 0 Å². The van der Waals surface area contributed by atoms with Gasteiger partial charge < -0.3 is 0 Å². The Morgan fingerprint density at radius 3 is 1.37 bits per heavy atom. The van der Waals surface area contributed by atoms with Crippen LogP contribution >= 0.6 is 8.38 Å². The number of hydrogen-bond donors (Lipinski definition) is 0. The molecule has 0 N–H and O–H groups in total. The van der Waals surface area contributed by atoms with Crippen molar-refractivity contribution in [3.63, 3.8) is 0 Å². The molecule has 138 valence electrons. The minimum atomic E-state index is -4.23. The Labute approximate surface area is 158 Å². The van der Waals surface area contributed by atoms with Crippen LogP contribution in [0.1, 0.15) is 0 Å². The molecule has 0 aromatic heterocycles. The largest absolute Gasteiger partial charge is 0.302 e. The van der Waals surface area contributed by atoms with Crippen LogP contribution in [0.25, 0.3) is 11.1 Å². The molecule has 0 unspecified atom stereocenters. The average Bonchev–Trinajstić information content (AvgIpc) is 2.69. The fraction of sp³-hybridized carbons (Fsp3) is 0. The summed E-state index contributed by atoms with van der Waals surface area (Å²) >= 11 is 0. The van der Waals surface area contributed by atoms with Gasteiger partial charge in [-0.25, -0.2) is 7.94 Å². The Kier molecular flexibility index (Phi) is 4.61. The Morgan fingerprint density at radius 1 is 0.556 bits per heavy atom. The molecule has 0 atom stereocenters. The first kappa shape index (κ1) is 18.3. The zero-order chi connectivity index (χ0) is 19.1. The lowest BCUT2D eigenvalue weighted by atomic mass is 10.1. The van der Waals surface area contributed by atoms with Crippen molar-refractivity contribution < 1.29 is 24.8 Å². The van der Waals surface area contributed by atoms with Crippen LogP contribution in [0.2, 0.25) is 0 Å². The molecule has 6 nitrogen and oxygen atoms in total. The van der Waals surface area contributed by atoms with Gasteiger partial charge in [-0.1, -0.05) is 42.5 Å². The van der Waals surface area contributed by atoms with Gasteiger partial charge in [-0.2, -0.15) is 16.8 Å². The van der Waals surface area contributed by atoms with Crippen molar-refractivity contribution >= 4 is 33.9 Å². The number of fused-ring (bicyclic) bond motifs is 2. The summed E-state index contributed by atoms with van der Waals surface area (Å²) in [6.45, 7) is 0. The van der Waals surface area contributed by atoms with Crippen LogP contribution in [0.5, 0.6) is 0 Å². The van der Waals surface area contributed by atoms with Crippen LogP contribution in [0.3, 0.4) is 0 Å². The molecule has 3 heterocycles. The highest BCUT2D eigenvalue weighted by atomic mass is 32.2. The predicted molar refractivity (Wildman–Crippen MR) is 101 cm³/mol. The highest BCUT2D eigenvalue weighted by Gasteiger charge is 2.31. The van der Waals surface area contributed by atoms with E-state index in [2.05, 4.69) is 0 Å². The zero-order valence-electron chi connectivity index (χ0n) is 13.7. The minimum absolute atomic E-state index is 0.0781. The zero-order valence-corrected chi connectivity index (χ0v) is 16.2. The summed E-state index contributed by atoms with van der Waals surface area (Å²) in [5, 5.41) is 0.322. The molecule has 0 saturated heterocycles. The molecule has 0 saturated carbocycles. The van der Waals surface area contributed by atoms with E-state index in [0.29, 0.717) is 5.30 Å². The standard InChI is InChI=1S/C18H13O6PS2/c19-26(20)17-10-6-14(7-11-17)15-8-12-18(13-9-15)27(21,22)24-25(23-26)16-4-2-1-3-5-16/h1-13H. The van der Waals surface area contributed by atoms with Gasteiger partial charge in [-0.3, -0.25) is 0 Å². The van der Waals surface area contributed by atoms with Gasteiger partial charge in [0.25, 0.3) is 0 Å². The van der Waals surface area contributed by atoms with Crippen molar-refractivity contribution in [2.24, 2.45) is 0 Å². The third kappa shape index (κ3) is 3.67. The summed E-state index contributed by atoms with van der Waals surface area (Å²) in [6.07, 6.45) is 0. The molecule has 0 amide bonds. The topological polar surface area (TPSA) is 86.7 Å². The lowest BCUT2D eigenvalue weighted by Crippen LogP contribution is -2.14. The predicted octanol–water partition coefficient (Wildman–Crippen LogP) is 3.42. The highest BCUT2D eigenvalue weighted by Crippen LogP contribution is 2.44. The Hall–Kier alpha value is -2.09. The van der Waals surface area contributed by atoms with Gasteiger partial charge in [0.2, 0.25) is 8.38 Å². The van der Waals surface area contributed by atoms with E-state index in [0.717, 1.165) is 11.1 Å². The summed E-state index contributed by atoms with van der Waals surface area (Å²) in [5.41, 5.74) is 1.51. The molecule has 3 aliphatic heterocycles. The fourth-order valence-corrected chi connectivity index (χ4v) is 7.02. The van der Waals surface area contributed by atoms with E-state index in [-0.39, 0.29) is 9.79 Å². The van der Waals surface area contributed by atoms with E-state index in [1.165, 1.54) is 24.3 Å². The number of rotatable bonds is 1. The second kappa shape index (κ2) is 6.82. The van der Waals surface area contributed by atoms with Crippen LogP contribution in [-0.2, 0) is 28.2 Å². The molecule has 9 heteroatoms. The van der Waals surface area contributed by atoms with Crippen molar-refractivity contribution in [1.29, 1.82) is 0 Å². The molecule has 6 rings (SSSR count). The third-order valence-corrected chi connectivity index (χ3v) is 8.99. The second-order valence-corrected chi connectivity index (χ2v) is 10.7. The monoisotopic (exact) mass is 420 g/mol. The van der Waals surface area contributed by atoms with Gasteiger partial charge >= 0.3 is 20.2 Å². The van der Waals surface area contributed by atoms with Crippen molar-refractivity contribution in [1.82, 2.24) is 0 Å². The average molecular weight is 420 g/mol. The van der Waals surface area contributed by atoms with E-state index in [4.69, 9.17) is 7.94 Å². The third-order valence-electron chi connectivity index (χ3n) is 3.92. The first-order valence-electron chi connectivity index (χ1n) is 7.80. The van der Waals surface area contributed by atoms with Crippen LogP contribution in [0.4, 0.5) is 0 Å². The van der Waals surface area contributed by atoms with Crippen LogP contribution in [-0.4, -0.2) is 16.8 Å². The van der Waals surface area contributed by atoms with E-state index < -0.39 is 28.6 Å². The van der Waals surface area contributed by atoms with E-state index >= 15 is 0 Å². The van der Waals surface area contributed by atoms with Crippen molar-refractivity contribution in [3.05, 3.63) is 78.9 Å². The molecule has 0 fully saturated rings. The van der Waals surface area contributed by atoms with Gasteiger partial charge in [0.1, 0.15) is 0 Å². The number of hydrogen-bond acceptors (Lipinski definition) is 6. The first-order valence-corrected chi connectivity index (χ1v) is 11.8. The molecular formula is C18H13O6PS2. The van der Waals surface area contributed by atoms with Crippen LogP contribution in [0, 0.1) is 0 Å². The van der Waals surface area contributed by atoms with Crippen LogP contribution in [0.15, 0.2) is 88.7 Å². The molecule has 3 aromatic carbocycles. The van der Waals surface area contributed by atoms with E-state index in [9.17, 15) is 16.8 Å². The van der Waals surface area contributed by atoms with E-state index in [1.807, 2.05) is 0 Å². The summed E-state index contributed by atoms with van der Waals surface area (Å²) < 4.78 is 61.1. The van der Waals surface area contributed by atoms with Gasteiger partial charge in [-0.15, -0.1) is 0 Å². The van der Waals surface area contributed by atoms with Crippen LogP contribution < -0.4 is 5.30 Å². The fourth-order valence-electron chi connectivity index (χ4n) is 2.54. The normalized spacial score (nSPS) is 18.4. The maximum atomic E-state index is 12.7. The maximum absolute atomic E-state index is 12.7. The summed E-state index contributed by atoms with van der Waals surface area (Å²) in [6, 6.07) is 20.4. The van der Waals surface area contributed by atoms with Gasteiger partial charge in [0.05, 0.1) is 9.79 Å². The quantitative estimate of drug-likeness (QED) is 0.561. The molecule has 27 heavy (non-hydrogen) atoms. The maximum Gasteiger partial charge on any atom is 0.302 e. The molecule has 3 aliphatic rings. The molecule has 0 radical (unpaired) electrons. The van der Waals surface area contributed by atoms with Gasteiger partial charge in [0.15, 0.2) is 0 Å². The van der Waals surface area contributed by atoms with Crippen molar-refractivity contribution in [2.45, 2.75) is 9.79 Å². The van der Waals surface area contributed by atoms with Crippen molar-refractivity contribution in [3.8, 4) is 11.1 Å². The Balaban J connectivity index is 1.92.